The van der Waals surface area contributed by atoms with Crippen molar-refractivity contribution in [3.05, 3.63) is 63.5 Å². The lowest BCUT2D eigenvalue weighted by Gasteiger charge is -2.21. The Bertz CT molecular complexity index is 1480. The molecule has 40 heavy (non-hydrogen) atoms. The van der Waals surface area contributed by atoms with Gasteiger partial charge in [0, 0.05) is 31.4 Å². The Morgan fingerprint density at radius 1 is 1.10 bits per heavy atom. The van der Waals surface area contributed by atoms with Crippen LogP contribution in [0.4, 0.5) is 36.6 Å². The van der Waals surface area contributed by atoms with Crippen molar-refractivity contribution in [2.45, 2.75) is 38.0 Å². The zero-order chi connectivity index (χ0) is 29.5. The minimum Gasteiger partial charge on any atom is -0.389 e. The third-order valence-corrected chi connectivity index (χ3v) is 6.21. The number of hydrogen-bond acceptors (Lipinski definition) is 7. The quantitative estimate of drug-likeness (QED) is 0.369. The molecule has 16 heteroatoms. The van der Waals surface area contributed by atoms with Crippen LogP contribution in [0.5, 0.6) is 0 Å². The molecule has 3 aromatic rings. The Labute approximate surface area is 220 Å². The summed E-state index contributed by atoms with van der Waals surface area (Å²) < 4.78 is 100. The number of rotatable bonds is 7. The number of aromatic nitrogens is 2. The van der Waals surface area contributed by atoms with E-state index in [0.29, 0.717) is 29.0 Å². The summed E-state index contributed by atoms with van der Waals surface area (Å²) in [5, 5.41) is 21.2. The fourth-order valence-electron chi connectivity index (χ4n) is 4.20. The van der Waals surface area contributed by atoms with E-state index in [9.17, 15) is 46.1 Å². The Kier molecular flexibility index (Phi) is 8.05. The minimum absolute atomic E-state index is 0.0715. The van der Waals surface area contributed by atoms with Crippen LogP contribution in [0, 0.1) is 23.3 Å². The first-order chi connectivity index (χ1) is 18.7. The van der Waals surface area contributed by atoms with Gasteiger partial charge in [-0.3, -0.25) is 18.9 Å². The lowest BCUT2D eigenvalue weighted by atomic mass is 10.1. The molecule has 0 radical (unpaired) electrons. The number of halogens is 7. The van der Waals surface area contributed by atoms with Crippen LogP contribution >= 0.6 is 0 Å². The van der Waals surface area contributed by atoms with Gasteiger partial charge in [0.1, 0.15) is 17.1 Å². The summed E-state index contributed by atoms with van der Waals surface area (Å²) in [6.45, 7) is -0.153. The highest BCUT2D eigenvalue weighted by Gasteiger charge is 2.33. The Morgan fingerprint density at radius 2 is 1.70 bits per heavy atom. The van der Waals surface area contributed by atoms with E-state index in [2.05, 4.69) is 15.0 Å². The van der Waals surface area contributed by atoms with Gasteiger partial charge in [-0.05, 0) is 12.5 Å². The van der Waals surface area contributed by atoms with Crippen LogP contribution in [0.25, 0.3) is 16.7 Å². The maximum atomic E-state index is 15.1. The van der Waals surface area contributed by atoms with Crippen LogP contribution in [0.3, 0.4) is 0 Å². The van der Waals surface area contributed by atoms with E-state index in [1.54, 1.807) is 0 Å². The number of hydrogen-bond donors (Lipinski definition) is 3. The zero-order valence-corrected chi connectivity index (χ0v) is 20.5. The van der Waals surface area contributed by atoms with Crippen molar-refractivity contribution in [1.82, 2.24) is 14.9 Å². The van der Waals surface area contributed by atoms with E-state index in [1.807, 2.05) is 0 Å². The van der Waals surface area contributed by atoms with Crippen molar-refractivity contribution in [2.24, 2.45) is 0 Å². The molecular weight excluding hydrogens is 557 g/mol. The Hall–Kier alpha value is -3.76. The number of aliphatic hydroxyl groups excluding tert-OH is 2. The number of nitrogens with one attached hydrogen (secondary N) is 1. The smallest absolute Gasteiger partial charge is 0.389 e. The van der Waals surface area contributed by atoms with Crippen molar-refractivity contribution in [3.63, 3.8) is 0 Å². The van der Waals surface area contributed by atoms with E-state index >= 15 is 4.39 Å². The Morgan fingerprint density at radius 3 is 2.25 bits per heavy atom. The van der Waals surface area contributed by atoms with Crippen LogP contribution in [-0.4, -0.2) is 70.0 Å². The van der Waals surface area contributed by atoms with Crippen LogP contribution in [-0.2, 0) is 4.74 Å². The molecule has 1 fully saturated rings. The van der Waals surface area contributed by atoms with Gasteiger partial charge in [-0.2, -0.15) is 0 Å². The fourth-order valence-corrected chi connectivity index (χ4v) is 4.20. The highest BCUT2D eigenvalue weighted by atomic mass is 19.4. The maximum Gasteiger partial charge on any atom is 0.522 e. The van der Waals surface area contributed by atoms with Gasteiger partial charge in [-0.1, -0.05) is 6.92 Å². The first-order valence-electron chi connectivity index (χ1n) is 11.7. The number of amides is 1. The van der Waals surface area contributed by atoms with Crippen molar-refractivity contribution in [1.29, 1.82) is 0 Å². The highest BCUT2D eigenvalue weighted by Crippen LogP contribution is 2.28. The summed E-state index contributed by atoms with van der Waals surface area (Å²) in [5.74, 6) is -7.20. The van der Waals surface area contributed by atoms with E-state index in [1.165, 1.54) is 6.92 Å². The van der Waals surface area contributed by atoms with E-state index in [-0.39, 0.29) is 19.5 Å². The number of carbonyl (C=O) groups is 1. The molecule has 1 saturated heterocycles. The van der Waals surface area contributed by atoms with Crippen molar-refractivity contribution < 1.29 is 50.5 Å². The molecule has 1 aliphatic heterocycles. The third kappa shape index (κ3) is 5.88. The predicted molar refractivity (Wildman–Crippen MR) is 125 cm³/mol. The van der Waals surface area contributed by atoms with Gasteiger partial charge in [-0.25, -0.2) is 22.5 Å². The van der Waals surface area contributed by atoms with E-state index < -0.39 is 93.9 Å². The molecule has 1 unspecified atom stereocenters. The second-order valence-electron chi connectivity index (χ2n) is 9.00. The second kappa shape index (κ2) is 11.0. The molecule has 3 atom stereocenters. The second-order valence-corrected chi connectivity index (χ2v) is 9.00. The van der Waals surface area contributed by atoms with Crippen LogP contribution < -0.4 is 15.6 Å². The van der Waals surface area contributed by atoms with Gasteiger partial charge in [0.15, 0.2) is 28.9 Å². The van der Waals surface area contributed by atoms with Crippen molar-refractivity contribution in [2.75, 3.05) is 24.6 Å². The average molecular weight is 578 g/mol. The number of β-amino-alcohol motifs (C(OH)–C–C–N with tert-alkyl or cyclic N) is 2. The normalized spacial score (nSPS) is 18.4. The highest BCUT2D eigenvalue weighted by molar-refractivity contribution is 5.97. The average Bonchev–Trinajstić information content (AvgIpc) is 3.19. The van der Waals surface area contributed by atoms with Gasteiger partial charge in [0.2, 0.25) is 5.43 Å². The predicted octanol–water partition coefficient (Wildman–Crippen LogP) is 2.53. The molecule has 1 amide bonds. The molecule has 3 heterocycles. The SMILES string of the molecule is CCC(COC(F)(F)F)NC(=O)c1cn(-c2c(F)cc(F)cc2F)c2nc(N3C[C@@H](O)[C@@H](O)C3)c(F)cc2c1=O. The first kappa shape index (κ1) is 29.2. The molecular formula is C24H21F7N4O5. The zero-order valence-electron chi connectivity index (χ0n) is 20.5. The van der Waals surface area contributed by atoms with Crippen molar-refractivity contribution >= 4 is 22.8 Å². The Balaban J connectivity index is 1.89. The summed E-state index contributed by atoms with van der Waals surface area (Å²) in [6, 6.07) is -0.0154. The summed E-state index contributed by atoms with van der Waals surface area (Å²) >= 11 is 0. The maximum absolute atomic E-state index is 15.1. The molecule has 4 rings (SSSR count). The molecule has 1 aromatic carbocycles. The summed E-state index contributed by atoms with van der Waals surface area (Å²) in [4.78, 5) is 31.3. The minimum atomic E-state index is -5.01. The number of alkyl halides is 3. The number of nitrogens with zero attached hydrogens (tertiary/aromatic N) is 3. The van der Waals surface area contributed by atoms with Gasteiger partial charge >= 0.3 is 6.36 Å². The molecule has 2 aromatic heterocycles. The lowest BCUT2D eigenvalue weighted by Crippen LogP contribution is -2.41. The molecule has 1 aliphatic rings. The molecule has 0 bridgehead atoms. The fraction of sp³-hybridized carbons (Fsp3) is 0.375. The van der Waals surface area contributed by atoms with E-state index in [4.69, 9.17) is 0 Å². The largest absolute Gasteiger partial charge is 0.522 e. The van der Waals surface area contributed by atoms with Gasteiger partial charge in [0.25, 0.3) is 5.91 Å². The topological polar surface area (TPSA) is 117 Å². The number of anilines is 1. The van der Waals surface area contributed by atoms with Gasteiger partial charge in [-0.15, -0.1) is 13.2 Å². The number of pyridine rings is 2. The summed E-state index contributed by atoms with van der Waals surface area (Å²) in [7, 11) is 0. The summed E-state index contributed by atoms with van der Waals surface area (Å²) in [6.07, 6.45) is -6.99. The summed E-state index contributed by atoms with van der Waals surface area (Å²) in [5.41, 5.74) is -3.61. The first-order valence-corrected chi connectivity index (χ1v) is 11.7. The number of fused-ring (bicyclic) bond motifs is 1. The van der Waals surface area contributed by atoms with Crippen molar-refractivity contribution in [3.8, 4) is 5.69 Å². The number of benzene rings is 1. The number of carbonyl (C=O) groups excluding carboxylic acids is 1. The third-order valence-electron chi connectivity index (χ3n) is 6.21. The van der Waals surface area contributed by atoms with Gasteiger partial charge < -0.3 is 20.4 Å². The lowest BCUT2D eigenvalue weighted by molar-refractivity contribution is -0.326. The van der Waals surface area contributed by atoms with Crippen LogP contribution in [0.15, 0.2) is 29.2 Å². The molecule has 0 spiro atoms. The van der Waals surface area contributed by atoms with Crippen LogP contribution in [0.1, 0.15) is 23.7 Å². The molecule has 0 aliphatic carbocycles. The van der Waals surface area contributed by atoms with Gasteiger partial charge in [0.05, 0.1) is 30.2 Å². The molecule has 216 valence electrons. The molecule has 9 nitrogen and oxygen atoms in total. The van der Waals surface area contributed by atoms with Crippen LogP contribution in [0.2, 0.25) is 0 Å². The molecule has 0 saturated carbocycles. The molecule has 3 N–H and O–H groups in total. The standard InChI is InChI=1S/C24H21F7N4O5/c1-2-11(9-40-24(29,30)31)32-23(39)13-6-35(19-14(26)3-10(25)4-15(19)27)21-12(20(13)38)5-16(28)22(33-21)34-7-17(36)18(37)8-34/h3-6,11,17-18,36-37H,2,7-9H2,1H3,(H,32,39)/t11?,17-,18+. The monoisotopic (exact) mass is 578 g/mol. The van der Waals surface area contributed by atoms with E-state index in [0.717, 1.165) is 4.90 Å². The number of ether oxygens (including phenoxy) is 1. The number of aliphatic hydroxyl groups is 2.